The van der Waals surface area contributed by atoms with E-state index < -0.39 is 36.9 Å². The van der Waals surface area contributed by atoms with Gasteiger partial charge in [0.05, 0.1) is 11.8 Å². The van der Waals surface area contributed by atoms with Gasteiger partial charge < -0.3 is 10.1 Å². The summed E-state index contributed by atoms with van der Waals surface area (Å²) in [5.74, 6) is -2.79. The van der Waals surface area contributed by atoms with E-state index in [2.05, 4.69) is 37.2 Å². The molecule has 29 heavy (non-hydrogen) atoms. The van der Waals surface area contributed by atoms with Gasteiger partial charge in [0, 0.05) is 15.3 Å². The van der Waals surface area contributed by atoms with Crippen LogP contribution in [0.15, 0.2) is 18.2 Å². The van der Waals surface area contributed by atoms with Gasteiger partial charge in [-0.1, -0.05) is 44.0 Å². The van der Waals surface area contributed by atoms with Crippen molar-refractivity contribution in [3.05, 3.63) is 29.3 Å². The number of carbonyl (C=O) groups excluding carboxylic acids is 4. The Bertz CT molecular complexity index is 831. The molecule has 0 spiro atoms. The zero-order valence-corrected chi connectivity index (χ0v) is 19.3. The standard InChI is InChI=1S/C20H22Br2N2O5/c1-10-3-4-11(2)16(5-10)23-17(25)9-29-18(26)8-24-19(27)12-6-14(21)15(22)7-13(12)20(24)28/h3-5,12-15H,6-9H2,1-2H3,(H,23,25)/t12-,13+,14-,15-/m0/s1. The second-order valence-corrected chi connectivity index (χ2v) is 9.86. The van der Waals surface area contributed by atoms with Gasteiger partial charge in [0.2, 0.25) is 11.8 Å². The molecule has 156 valence electrons. The number of fused-ring (bicyclic) bond motifs is 1. The largest absolute Gasteiger partial charge is 0.454 e. The average Bonchev–Trinajstić information content (AvgIpc) is 2.88. The van der Waals surface area contributed by atoms with Crippen LogP contribution in [0.25, 0.3) is 0 Å². The van der Waals surface area contributed by atoms with Crippen LogP contribution < -0.4 is 5.32 Å². The molecular weight excluding hydrogens is 508 g/mol. The molecule has 3 rings (SSSR count). The van der Waals surface area contributed by atoms with Crippen molar-refractivity contribution >= 4 is 61.2 Å². The maximum absolute atomic E-state index is 12.6. The summed E-state index contributed by atoms with van der Waals surface area (Å²) in [4.78, 5) is 50.5. The highest BCUT2D eigenvalue weighted by atomic mass is 79.9. The number of imide groups is 1. The van der Waals surface area contributed by atoms with Crippen LogP contribution in [0.3, 0.4) is 0 Å². The topological polar surface area (TPSA) is 92.8 Å². The Labute approximate surface area is 185 Å². The first-order valence-electron chi connectivity index (χ1n) is 9.33. The van der Waals surface area contributed by atoms with Crippen molar-refractivity contribution in [2.75, 3.05) is 18.5 Å². The molecule has 3 amide bonds. The summed E-state index contributed by atoms with van der Waals surface area (Å²) < 4.78 is 4.98. The summed E-state index contributed by atoms with van der Waals surface area (Å²) in [6, 6.07) is 5.64. The molecule has 1 N–H and O–H groups in total. The van der Waals surface area contributed by atoms with Crippen molar-refractivity contribution in [2.24, 2.45) is 11.8 Å². The fourth-order valence-corrected chi connectivity index (χ4v) is 4.93. The molecule has 0 unspecified atom stereocenters. The van der Waals surface area contributed by atoms with E-state index in [1.165, 1.54) is 0 Å². The zero-order valence-electron chi connectivity index (χ0n) is 16.1. The lowest BCUT2D eigenvalue weighted by Gasteiger charge is -2.29. The molecule has 1 heterocycles. The summed E-state index contributed by atoms with van der Waals surface area (Å²) >= 11 is 7.04. The minimum Gasteiger partial charge on any atom is -0.454 e. The molecule has 1 aliphatic carbocycles. The first-order valence-corrected chi connectivity index (χ1v) is 11.2. The minimum atomic E-state index is -0.785. The Morgan fingerprint density at radius 3 is 2.28 bits per heavy atom. The van der Waals surface area contributed by atoms with Crippen molar-refractivity contribution in [1.29, 1.82) is 0 Å². The predicted molar refractivity (Wildman–Crippen MR) is 114 cm³/mol. The van der Waals surface area contributed by atoms with Crippen molar-refractivity contribution in [3.8, 4) is 0 Å². The van der Waals surface area contributed by atoms with Crippen LogP contribution in [0.1, 0.15) is 24.0 Å². The maximum Gasteiger partial charge on any atom is 0.326 e. The van der Waals surface area contributed by atoms with Gasteiger partial charge in [0.15, 0.2) is 6.61 Å². The summed E-state index contributed by atoms with van der Waals surface area (Å²) in [6.45, 7) is 2.82. The van der Waals surface area contributed by atoms with Crippen LogP contribution in [0.4, 0.5) is 5.69 Å². The fraction of sp³-hybridized carbons (Fsp3) is 0.500. The lowest BCUT2D eigenvalue weighted by molar-refractivity contribution is -0.154. The molecule has 0 radical (unpaired) electrons. The summed E-state index contributed by atoms with van der Waals surface area (Å²) in [7, 11) is 0. The highest BCUT2D eigenvalue weighted by Gasteiger charge is 2.52. The fourth-order valence-electron chi connectivity index (χ4n) is 3.70. The monoisotopic (exact) mass is 528 g/mol. The van der Waals surface area contributed by atoms with E-state index in [1.807, 2.05) is 32.0 Å². The Morgan fingerprint density at radius 1 is 1.10 bits per heavy atom. The summed E-state index contributed by atoms with van der Waals surface area (Å²) in [5, 5.41) is 2.69. The second-order valence-electron chi connectivity index (χ2n) is 7.51. The smallest absolute Gasteiger partial charge is 0.326 e. The van der Waals surface area contributed by atoms with E-state index in [1.54, 1.807) is 0 Å². The van der Waals surface area contributed by atoms with E-state index in [0.717, 1.165) is 16.0 Å². The van der Waals surface area contributed by atoms with Gasteiger partial charge in [-0.25, -0.2) is 0 Å². The number of benzene rings is 1. The molecule has 0 bridgehead atoms. The van der Waals surface area contributed by atoms with Crippen LogP contribution in [0.2, 0.25) is 0 Å². The highest BCUT2D eigenvalue weighted by Crippen LogP contribution is 2.43. The number of halogens is 2. The molecule has 7 nitrogen and oxygen atoms in total. The van der Waals surface area contributed by atoms with E-state index in [-0.39, 0.29) is 21.5 Å². The minimum absolute atomic E-state index is 0.0983. The van der Waals surface area contributed by atoms with Gasteiger partial charge >= 0.3 is 5.97 Å². The Balaban J connectivity index is 1.53. The van der Waals surface area contributed by atoms with Crippen molar-refractivity contribution in [3.63, 3.8) is 0 Å². The van der Waals surface area contributed by atoms with E-state index in [0.29, 0.717) is 18.5 Å². The van der Waals surface area contributed by atoms with Crippen LogP contribution in [-0.4, -0.2) is 51.4 Å². The summed E-state index contributed by atoms with van der Waals surface area (Å²) in [6.07, 6.45) is 1.07. The molecule has 2 fully saturated rings. The molecule has 4 atom stereocenters. The number of nitrogens with zero attached hydrogens (tertiary/aromatic N) is 1. The maximum atomic E-state index is 12.6. The van der Waals surface area contributed by atoms with Crippen molar-refractivity contribution in [1.82, 2.24) is 4.90 Å². The predicted octanol–water partition coefficient (Wildman–Crippen LogP) is 2.71. The highest BCUT2D eigenvalue weighted by molar-refractivity contribution is 9.12. The number of rotatable bonds is 5. The van der Waals surface area contributed by atoms with E-state index in [9.17, 15) is 19.2 Å². The normalized spacial score (nSPS) is 26.3. The van der Waals surface area contributed by atoms with E-state index in [4.69, 9.17) is 4.74 Å². The van der Waals surface area contributed by atoms with Crippen LogP contribution in [0.5, 0.6) is 0 Å². The molecule has 1 saturated carbocycles. The molecule has 1 aromatic carbocycles. The third kappa shape index (κ3) is 4.88. The number of aryl methyl sites for hydroxylation is 2. The van der Waals surface area contributed by atoms with Crippen molar-refractivity contribution in [2.45, 2.75) is 36.3 Å². The number of alkyl halides is 2. The Hall–Kier alpha value is -1.74. The molecule has 1 saturated heterocycles. The molecule has 2 aliphatic rings. The lowest BCUT2D eigenvalue weighted by atomic mass is 9.81. The van der Waals surface area contributed by atoms with Gasteiger partial charge in [0.1, 0.15) is 6.54 Å². The van der Waals surface area contributed by atoms with Crippen LogP contribution >= 0.6 is 31.9 Å². The molecular formula is C20H22Br2N2O5. The number of hydrogen-bond acceptors (Lipinski definition) is 5. The number of carbonyl (C=O) groups is 4. The molecule has 1 aliphatic heterocycles. The summed E-state index contributed by atoms with van der Waals surface area (Å²) in [5.41, 5.74) is 2.53. The molecule has 1 aromatic rings. The second kappa shape index (κ2) is 8.95. The number of nitrogens with one attached hydrogen (secondary N) is 1. The quantitative estimate of drug-likeness (QED) is 0.359. The van der Waals surface area contributed by atoms with Crippen LogP contribution in [-0.2, 0) is 23.9 Å². The number of esters is 1. The van der Waals surface area contributed by atoms with Gasteiger partial charge in [-0.2, -0.15) is 0 Å². The molecule has 0 aromatic heterocycles. The van der Waals surface area contributed by atoms with Crippen LogP contribution in [0, 0.1) is 25.7 Å². The third-order valence-corrected chi connectivity index (χ3v) is 8.05. The zero-order chi connectivity index (χ0) is 21.3. The number of anilines is 1. The first-order chi connectivity index (χ1) is 13.7. The van der Waals surface area contributed by atoms with Crippen molar-refractivity contribution < 1.29 is 23.9 Å². The van der Waals surface area contributed by atoms with Gasteiger partial charge in [-0.05, 0) is 43.9 Å². The number of likely N-dealkylation sites (tertiary alicyclic amines) is 1. The van der Waals surface area contributed by atoms with Gasteiger partial charge in [-0.15, -0.1) is 0 Å². The Morgan fingerprint density at radius 2 is 1.69 bits per heavy atom. The van der Waals surface area contributed by atoms with E-state index >= 15 is 0 Å². The average molecular weight is 530 g/mol. The molecule has 9 heteroatoms. The number of hydrogen-bond donors (Lipinski definition) is 1. The lowest BCUT2D eigenvalue weighted by Crippen LogP contribution is -2.37. The third-order valence-electron chi connectivity index (χ3n) is 5.32. The Kier molecular flexibility index (Phi) is 6.78. The van der Waals surface area contributed by atoms with Gasteiger partial charge in [0.25, 0.3) is 5.91 Å². The SMILES string of the molecule is Cc1ccc(C)c(NC(=O)COC(=O)CN2C(=O)[C@H]3C[C@H](Br)[C@@H](Br)C[C@H]3C2=O)c1. The number of amides is 3. The first kappa shape index (κ1) is 22.0. The van der Waals surface area contributed by atoms with Gasteiger partial charge in [-0.3, -0.25) is 24.1 Å². The number of ether oxygens (including phenoxy) is 1.